The van der Waals surface area contributed by atoms with Crippen molar-refractivity contribution < 1.29 is 13.9 Å². The van der Waals surface area contributed by atoms with Crippen LogP contribution in [-0.4, -0.2) is 22.9 Å². The summed E-state index contributed by atoms with van der Waals surface area (Å²) < 4.78 is 18.8. The summed E-state index contributed by atoms with van der Waals surface area (Å²) >= 11 is 0. The number of ether oxygens (including phenoxy) is 1. The van der Waals surface area contributed by atoms with Gasteiger partial charge in [-0.1, -0.05) is 5.92 Å². The first-order valence-corrected chi connectivity index (χ1v) is 5.50. The van der Waals surface area contributed by atoms with Crippen LogP contribution in [0.4, 0.5) is 4.39 Å². The molecule has 0 amide bonds. The lowest BCUT2D eigenvalue weighted by Crippen LogP contribution is -2.03. The van der Waals surface area contributed by atoms with Crippen molar-refractivity contribution in [1.82, 2.24) is 9.78 Å². The number of carbonyl (C=O) groups excluding carboxylic acids is 1. The van der Waals surface area contributed by atoms with Gasteiger partial charge in [-0.05, 0) is 30.2 Å². The van der Waals surface area contributed by atoms with E-state index in [0.717, 1.165) is 0 Å². The molecule has 0 radical (unpaired) electrons. The molecule has 1 aromatic heterocycles. The number of methoxy groups -OCH3 is 1. The summed E-state index contributed by atoms with van der Waals surface area (Å²) in [5, 5.41) is 3.99. The van der Waals surface area contributed by atoms with Gasteiger partial charge in [0.15, 0.2) is 5.69 Å². The van der Waals surface area contributed by atoms with Crippen LogP contribution in [0.1, 0.15) is 21.7 Å². The number of esters is 1. The van der Waals surface area contributed by atoms with Gasteiger partial charge in [0.05, 0.1) is 7.11 Å². The van der Waals surface area contributed by atoms with Crippen molar-refractivity contribution in [3.8, 4) is 11.8 Å². The molecule has 0 fully saturated rings. The molecule has 1 heterocycles. The van der Waals surface area contributed by atoms with Crippen LogP contribution in [0.3, 0.4) is 0 Å². The van der Waals surface area contributed by atoms with Crippen LogP contribution in [0.5, 0.6) is 0 Å². The Bertz CT molecular complexity index is 663. The average Bonchev–Trinajstić information content (AvgIpc) is 2.79. The van der Waals surface area contributed by atoms with Gasteiger partial charge in [0.1, 0.15) is 11.5 Å². The van der Waals surface area contributed by atoms with Gasteiger partial charge < -0.3 is 4.74 Å². The van der Waals surface area contributed by atoms with Crippen LogP contribution in [0.25, 0.3) is 0 Å². The van der Waals surface area contributed by atoms with Crippen molar-refractivity contribution >= 4 is 5.97 Å². The zero-order valence-electron chi connectivity index (χ0n) is 10.5. The Hall–Kier alpha value is -2.61. The Labute approximate surface area is 109 Å². The van der Waals surface area contributed by atoms with Crippen LogP contribution in [-0.2, 0) is 11.8 Å². The maximum Gasteiger partial charge on any atom is 0.358 e. The van der Waals surface area contributed by atoms with E-state index < -0.39 is 5.97 Å². The van der Waals surface area contributed by atoms with Crippen molar-refractivity contribution in [2.75, 3.05) is 7.11 Å². The highest BCUT2D eigenvalue weighted by Crippen LogP contribution is 2.05. The Morgan fingerprint density at radius 2 is 2.00 bits per heavy atom. The highest BCUT2D eigenvalue weighted by atomic mass is 19.1. The normalized spacial score (nSPS) is 9.63. The van der Waals surface area contributed by atoms with E-state index >= 15 is 0 Å². The summed E-state index contributed by atoms with van der Waals surface area (Å²) in [6.45, 7) is 0. The molecule has 0 N–H and O–H groups in total. The Kier molecular flexibility index (Phi) is 3.62. The van der Waals surface area contributed by atoms with E-state index in [1.54, 1.807) is 25.2 Å². The highest BCUT2D eigenvalue weighted by molar-refractivity contribution is 5.87. The number of nitrogens with zero attached hydrogens (tertiary/aromatic N) is 2. The van der Waals surface area contributed by atoms with E-state index in [0.29, 0.717) is 11.3 Å². The molecule has 96 valence electrons. The van der Waals surface area contributed by atoms with Gasteiger partial charge >= 0.3 is 5.97 Å². The maximum atomic E-state index is 12.7. The predicted octanol–water partition coefficient (Wildman–Crippen LogP) is 1.75. The number of halogens is 1. The molecule has 0 unspecified atom stereocenters. The fraction of sp³-hybridized carbons (Fsp3) is 0.143. The van der Waals surface area contributed by atoms with Gasteiger partial charge in [-0.3, -0.25) is 4.68 Å². The summed E-state index contributed by atoms with van der Waals surface area (Å²) in [5.74, 6) is 4.92. The number of aryl methyl sites for hydroxylation is 1. The largest absolute Gasteiger partial charge is 0.464 e. The Morgan fingerprint density at radius 1 is 1.32 bits per heavy atom. The molecular weight excluding hydrogens is 247 g/mol. The molecule has 0 spiro atoms. The van der Waals surface area contributed by atoms with Crippen LogP contribution in [0, 0.1) is 17.7 Å². The van der Waals surface area contributed by atoms with Crippen LogP contribution in [0.15, 0.2) is 30.3 Å². The summed E-state index contributed by atoms with van der Waals surface area (Å²) in [6.07, 6.45) is 0. The topological polar surface area (TPSA) is 44.1 Å². The predicted molar refractivity (Wildman–Crippen MR) is 66.9 cm³/mol. The smallest absolute Gasteiger partial charge is 0.358 e. The van der Waals surface area contributed by atoms with E-state index in [-0.39, 0.29) is 11.5 Å². The molecule has 1 aromatic carbocycles. The minimum absolute atomic E-state index is 0.202. The van der Waals surface area contributed by atoms with Crippen molar-refractivity contribution in [1.29, 1.82) is 0 Å². The van der Waals surface area contributed by atoms with Crippen molar-refractivity contribution in [3.63, 3.8) is 0 Å². The van der Waals surface area contributed by atoms with Crippen LogP contribution >= 0.6 is 0 Å². The molecule has 5 heteroatoms. The maximum absolute atomic E-state index is 12.7. The lowest BCUT2D eigenvalue weighted by Gasteiger charge is -1.91. The SMILES string of the molecule is COC(=O)c1cc(C#Cc2ccc(F)cc2)n(C)n1. The molecule has 0 saturated carbocycles. The minimum Gasteiger partial charge on any atom is -0.464 e. The van der Waals surface area contributed by atoms with Crippen LogP contribution < -0.4 is 0 Å². The first kappa shape index (κ1) is 12.8. The third-order valence-corrected chi connectivity index (χ3v) is 2.45. The molecule has 0 saturated heterocycles. The number of hydrogen-bond donors (Lipinski definition) is 0. The standard InChI is InChI=1S/C14H11FN2O2/c1-17-12(9-13(16-17)14(18)19-2)8-5-10-3-6-11(15)7-4-10/h3-4,6-7,9H,1-2H3. The molecule has 4 nitrogen and oxygen atoms in total. The lowest BCUT2D eigenvalue weighted by molar-refractivity contribution is 0.0593. The molecule has 0 aliphatic carbocycles. The molecule has 0 atom stereocenters. The third-order valence-electron chi connectivity index (χ3n) is 2.45. The zero-order valence-corrected chi connectivity index (χ0v) is 10.5. The molecule has 19 heavy (non-hydrogen) atoms. The number of aromatic nitrogens is 2. The van der Waals surface area contributed by atoms with Gasteiger partial charge in [-0.25, -0.2) is 9.18 Å². The van der Waals surface area contributed by atoms with Gasteiger partial charge in [-0.2, -0.15) is 5.10 Å². The van der Waals surface area contributed by atoms with Gasteiger partial charge in [0.2, 0.25) is 0 Å². The Morgan fingerprint density at radius 3 is 2.63 bits per heavy atom. The average molecular weight is 258 g/mol. The van der Waals surface area contributed by atoms with E-state index in [2.05, 4.69) is 21.7 Å². The quantitative estimate of drug-likeness (QED) is 0.578. The monoisotopic (exact) mass is 258 g/mol. The Balaban J connectivity index is 2.27. The summed E-state index contributed by atoms with van der Waals surface area (Å²) in [5.41, 5.74) is 1.46. The number of benzene rings is 1. The first-order chi connectivity index (χ1) is 9.10. The molecule has 2 rings (SSSR count). The second kappa shape index (κ2) is 5.36. The number of hydrogen-bond acceptors (Lipinski definition) is 3. The summed E-state index contributed by atoms with van der Waals surface area (Å²) in [4.78, 5) is 11.3. The summed E-state index contributed by atoms with van der Waals surface area (Å²) in [7, 11) is 2.97. The fourth-order valence-corrected chi connectivity index (χ4v) is 1.46. The zero-order chi connectivity index (χ0) is 13.8. The number of rotatable bonds is 1. The van der Waals surface area contributed by atoms with E-state index in [1.165, 1.54) is 23.9 Å². The second-order valence-corrected chi connectivity index (χ2v) is 3.79. The highest BCUT2D eigenvalue weighted by Gasteiger charge is 2.11. The lowest BCUT2D eigenvalue weighted by atomic mass is 10.2. The van der Waals surface area contributed by atoms with Crippen molar-refractivity contribution in [2.45, 2.75) is 0 Å². The van der Waals surface area contributed by atoms with Crippen molar-refractivity contribution in [3.05, 3.63) is 53.1 Å². The molecule has 0 aliphatic rings. The van der Waals surface area contributed by atoms with Gasteiger partial charge in [0, 0.05) is 18.7 Å². The van der Waals surface area contributed by atoms with E-state index in [4.69, 9.17) is 0 Å². The molecular formula is C14H11FN2O2. The van der Waals surface area contributed by atoms with Gasteiger partial charge in [0.25, 0.3) is 0 Å². The fourth-order valence-electron chi connectivity index (χ4n) is 1.46. The second-order valence-electron chi connectivity index (χ2n) is 3.79. The molecule has 0 aliphatic heterocycles. The van der Waals surface area contributed by atoms with Crippen LogP contribution in [0.2, 0.25) is 0 Å². The molecule has 0 bridgehead atoms. The molecule has 2 aromatic rings. The van der Waals surface area contributed by atoms with E-state index in [9.17, 15) is 9.18 Å². The van der Waals surface area contributed by atoms with E-state index in [1.807, 2.05) is 0 Å². The third kappa shape index (κ3) is 2.99. The van der Waals surface area contributed by atoms with Crippen molar-refractivity contribution in [2.24, 2.45) is 7.05 Å². The summed E-state index contributed by atoms with van der Waals surface area (Å²) in [6, 6.07) is 7.39. The minimum atomic E-state index is -0.509. The first-order valence-electron chi connectivity index (χ1n) is 5.50. The van der Waals surface area contributed by atoms with Gasteiger partial charge in [-0.15, -0.1) is 0 Å². The number of carbonyl (C=O) groups is 1.